The molecule has 4 heteroatoms. The van der Waals surface area contributed by atoms with Gasteiger partial charge in [0.1, 0.15) is 0 Å². The van der Waals surface area contributed by atoms with Crippen molar-refractivity contribution in [3.8, 4) is 67.5 Å². The summed E-state index contributed by atoms with van der Waals surface area (Å²) in [7, 11) is 0. The van der Waals surface area contributed by atoms with Gasteiger partial charge in [0, 0.05) is 33.0 Å². The summed E-state index contributed by atoms with van der Waals surface area (Å²) in [4.78, 5) is 20.2. The van der Waals surface area contributed by atoms with E-state index in [2.05, 4.69) is 176 Å². The molecule has 0 fully saturated rings. The second-order valence-corrected chi connectivity index (χ2v) is 13.5. The van der Waals surface area contributed by atoms with Crippen molar-refractivity contribution in [1.29, 1.82) is 0 Å². The predicted octanol–water partition coefficient (Wildman–Crippen LogP) is 12.7. The normalized spacial score (nSPS) is 11.3. The van der Waals surface area contributed by atoms with E-state index in [9.17, 15) is 0 Å². The van der Waals surface area contributed by atoms with E-state index in [0.29, 0.717) is 17.5 Å². The topological polar surface area (TPSA) is 51.6 Å². The molecule has 4 nitrogen and oxygen atoms in total. The van der Waals surface area contributed by atoms with Crippen LogP contribution in [-0.4, -0.2) is 19.9 Å². The van der Waals surface area contributed by atoms with Gasteiger partial charge in [0.25, 0.3) is 0 Å². The van der Waals surface area contributed by atoms with Gasteiger partial charge < -0.3 is 0 Å². The molecule has 0 radical (unpaired) electrons. The number of fused-ring (bicyclic) bond motifs is 3. The standard InChI is InChI=1S/C50H32N4/c1-2-11-33(12-3-1)34-21-27-38(28-22-34)48-52-49(39-29-23-36(24-30-39)42-18-10-14-35-13-4-5-15-41(35)42)54-50(53-48)40-31-25-37(26-32-40)47-43-16-6-8-19-45(43)51-46-20-9-7-17-44(46)47/h1-32H. The number of hydrogen-bond acceptors (Lipinski definition) is 4. The third-order valence-corrected chi connectivity index (χ3v) is 10.1. The van der Waals surface area contributed by atoms with E-state index in [0.717, 1.165) is 55.2 Å². The van der Waals surface area contributed by atoms with Crippen molar-refractivity contribution in [3.05, 3.63) is 194 Å². The van der Waals surface area contributed by atoms with Crippen molar-refractivity contribution in [2.45, 2.75) is 0 Å². The van der Waals surface area contributed by atoms with Crippen molar-refractivity contribution in [3.63, 3.8) is 0 Å². The number of pyridine rings is 1. The zero-order chi connectivity index (χ0) is 35.8. The molecule has 0 saturated heterocycles. The van der Waals surface area contributed by atoms with Crippen LogP contribution in [-0.2, 0) is 0 Å². The molecule has 8 aromatic carbocycles. The first-order valence-electron chi connectivity index (χ1n) is 18.1. The lowest BCUT2D eigenvalue weighted by Crippen LogP contribution is -2.00. The van der Waals surface area contributed by atoms with Crippen LogP contribution < -0.4 is 0 Å². The second kappa shape index (κ2) is 13.4. The van der Waals surface area contributed by atoms with E-state index in [1.807, 2.05) is 18.2 Å². The quantitative estimate of drug-likeness (QED) is 0.163. The van der Waals surface area contributed by atoms with Crippen molar-refractivity contribution in [2.24, 2.45) is 0 Å². The van der Waals surface area contributed by atoms with Crippen LogP contribution in [0.15, 0.2) is 194 Å². The van der Waals surface area contributed by atoms with Crippen LogP contribution in [0.4, 0.5) is 0 Å². The molecule has 0 unspecified atom stereocenters. The minimum absolute atomic E-state index is 0.622. The van der Waals surface area contributed by atoms with E-state index < -0.39 is 0 Å². The average molecular weight is 689 g/mol. The molecule has 0 saturated carbocycles. The van der Waals surface area contributed by atoms with Gasteiger partial charge in [0.05, 0.1) is 11.0 Å². The first-order valence-corrected chi connectivity index (χ1v) is 18.1. The van der Waals surface area contributed by atoms with Gasteiger partial charge >= 0.3 is 0 Å². The summed E-state index contributed by atoms with van der Waals surface area (Å²) in [5, 5.41) is 4.70. The molecule has 0 aliphatic heterocycles. The zero-order valence-corrected chi connectivity index (χ0v) is 29.3. The molecule has 252 valence electrons. The predicted molar refractivity (Wildman–Crippen MR) is 223 cm³/mol. The summed E-state index contributed by atoms with van der Waals surface area (Å²) in [5.74, 6) is 1.88. The number of rotatable bonds is 6. The fourth-order valence-corrected chi connectivity index (χ4v) is 7.42. The van der Waals surface area contributed by atoms with Crippen LogP contribution in [0.5, 0.6) is 0 Å². The summed E-state index contributed by atoms with van der Waals surface area (Å²) in [5.41, 5.74) is 11.7. The minimum atomic E-state index is 0.622. The van der Waals surface area contributed by atoms with Gasteiger partial charge in [0.2, 0.25) is 0 Å². The molecule has 0 aliphatic rings. The van der Waals surface area contributed by atoms with Crippen LogP contribution in [0.1, 0.15) is 0 Å². The van der Waals surface area contributed by atoms with E-state index in [-0.39, 0.29) is 0 Å². The monoisotopic (exact) mass is 688 g/mol. The highest BCUT2D eigenvalue weighted by atomic mass is 15.0. The zero-order valence-electron chi connectivity index (χ0n) is 29.3. The van der Waals surface area contributed by atoms with Crippen LogP contribution in [0, 0.1) is 0 Å². The maximum absolute atomic E-state index is 5.09. The van der Waals surface area contributed by atoms with Crippen LogP contribution in [0.2, 0.25) is 0 Å². The Kier molecular flexibility index (Phi) is 7.77. The van der Waals surface area contributed by atoms with Gasteiger partial charge in [-0.25, -0.2) is 19.9 Å². The van der Waals surface area contributed by atoms with E-state index in [1.165, 1.54) is 27.5 Å². The lowest BCUT2D eigenvalue weighted by Gasteiger charge is -2.13. The lowest BCUT2D eigenvalue weighted by atomic mass is 9.95. The van der Waals surface area contributed by atoms with Gasteiger partial charge in [-0.1, -0.05) is 182 Å². The van der Waals surface area contributed by atoms with Crippen molar-refractivity contribution < 1.29 is 0 Å². The van der Waals surface area contributed by atoms with E-state index in [4.69, 9.17) is 19.9 Å². The van der Waals surface area contributed by atoms with Gasteiger partial charge in [-0.05, 0) is 50.7 Å². The molecule has 0 spiro atoms. The molecule has 10 aromatic rings. The molecule has 10 rings (SSSR count). The summed E-state index contributed by atoms with van der Waals surface area (Å²) < 4.78 is 0. The van der Waals surface area contributed by atoms with Crippen LogP contribution in [0.3, 0.4) is 0 Å². The highest BCUT2D eigenvalue weighted by Crippen LogP contribution is 2.36. The highest BCUT2D eigenvalue weighted by Gasteiger charge is 2.15. The molecular formula is C50H32N4. The fraction of sp³-hybridized carbons (Fsp3) is 0. The third kappa shape index (κ3) is 5.76. The Morgan fingerprint density at radius 2 is 0.648 bits per heavy atom. The first-order chi connectivity index (χ1) is 26.7. The van der Waals surface area contributed by atoms with E-state index in [1.54, 1.807) is 0 Å². The molecular weight excluding hydrogens is 657 g/mol. The maximum Gasteiger partial charge on any atom is 0.164 e. The third-order valence-electron chi connectivity index (χ3n) is 10.1. The van der Waals surface area contributed by atoms with Gasteiger partial charge in [0.15, 0.2) is 17.5 Å². The van der Waals surface area contributed by atoms with Gasteiger partial charge in [-0.15, -0.1) is 0 Å². The second-order valence-electron chi connectivity index (χ2n) is 13.5. The SMILES string of the molecule is c1ccc(-c2ccc(-c3nc(-c4ccc(-c5cccc6ccccc56)cc4)nc(-c4ccc(-c5c6ccccc6nc6ccccc56)cc4)n3)cc2)cc1. The number of nitrogens with zero attached hydrogens (tertiary/aromatic N) is 4. The number of para-hydroxylation sites is 2. The summed E-state index contributed by atoms with van der Waals surface area (Å²) in [6.07, 6.45) is 0. The molecule has 54 heavy (non-hydrogen) atoms. The fourth-order valence-electron chi connectivity index (χ4n) is 7.42. The largest absolute Gasteiger partial charge is 0.248 e. The van der Waals surface area contributed by atoms with Crippen molar-refractivity contribution in [2.75, 3.05) is 0 Å². The lowest BCUT2D eigenvalue weighted by molar-refractivity contribution is 1.07. The number of hydrogen-bond donors (Lipinski definition) is 0. The summed E-state index contributed by atoms with van der Waals surface area (Å²) in [6.45, 7) is 0. The molecule has 0 atom stereocenters. The van der Waals surface area contributed by atoms with Crippen LogP contribution in [0.25, 0.3) is 100 Å². The molecule has 0 aliphatic carbocycles. The molecule has 0 N–H and O–H groups in total. The molecule has 2 heterocycles. The minimum Gasteiger partial charge on any atom is -0.248 e. The Bertz CT molecular complexity index is 2900. The average Bonchev–Trinajstić information content (AvgIpc) is 3.25. The number of aromatic nitrogens is 4. The Morgan fingerprint density at radius 1 is 0.241 bits per heavy atom. The maximum atomic E-state index is 5.09. The molecule has 0 bridgehead atoms. The smallest absolute Gasteiger partial charge is 0.164 e. The Hall–Kier alpha value is -7.30. The van der Waals surface area contributed by atoms with Crippen molar-refractivity contribution >= 4 is 32.6 Å². The molecule has 2 aromatic heterocycles. The van der Waals surface area contributed by atoms with Gasteiger partial charge in [-0.3, -0.25) is 0 Å². The molecule has 0 amide bonds. The highest BCUT2D eigenvalue weighted by molar-refractivity contribution is 6.09. The Balaban J connectivity index is 1.07. The van der Waals surface area contributed by atoms with Crippen LogP contribution >= 0.6 is 0 Å². The van der Waals surface area contributed by atoms with Gasteiger partial charge in [-0.2, -0.15) is 0 Å². The summed E-state index contributed by atoms with van der Waals surface area (Å²) in [6, 6.07) is 67.6. The first kappa shape index (κ1) is 31.4. The Morgan fingerprint density at radius 3 is 1.22 bits per heavy atom. The summed E-state index contributed by atoms with van der Waals surface area (Å²) >= 11 is 0. The van der Waals surface area contributed by atoms with Crippen molar-refractivity contribution in [1.82, 2.24) is 19.9 Å². The Labute approximate surface area is 313 Å². The van der Waals surface area contributed by atoms with E-state index >= 15 is 0 Å². The number of benzene rings is 8.